The number of hydrogen-bond acceptors (Lipinski definition) is 4. The number of carbonyl (C=O) groups excluding carboxylic acids is 1. The fraction of sp³-hybridized carbons (Fsp3) is 0.435. The van der Waals surface area contributed by atoms with Gasteiger partial charge in [-0.2, -0.15) is 0 Å². The Morgan fingerprint density at radius 1 is 1.11 bits per heavy atom. The second-order valence-electron chi connectivity index (χ2n) is 7.07. The van der Waals surface area contributed by atoms with Gasteiger partial charge in [0.05, 0.1) is 13.2 Å². The lowest BCUT2D eigenvalue weighted by Gasteiger charge is -2.24. The number of likely N-dealkylation sites (tertiary alicyclic amines) is 1. The average Bonchev–Trinajstić information content (AvgIpc) is 3.18. The molecule has 0 saturated carbocycles. The van der Waals surface area contributed by atoms with Crippen molar-refractivity contribution in [1.82, 2.24) is 10.2 Å². The van der Waals surface area contributed by atoms with Gasteiger partial charge < -0.3 is 14.8 Å². The molecular weight excluding hydrogens is 352 g/mol. The molecule has 1 fully saturated rings. The Bertz CT molecular complexity index is 779. The van der Waals surface area contributed by atoms with Gasteiger partial charge in [0.1, 0.15) is 0 Å². The van der Waals surface area contributed by atoms with E-state index in [0.717, 1.165) is 19.5 Å². The van der Waals surface area contributed by atoms with Crippen molar-refractivity contribution < 1.29 is 14.3 Å². The third kappa shape index (κ3) is 4.84. The second kappa shape index (κ2) is 9.60. The first-order chi connectivity index (χ1) is 13.6. The molecule has 28 heavy (non-hydrogen) atoms. The fourth-order valence-electron chi connectivity index (χ4n) is 3.66. The highest BCUT2D eigenvalue weighted by Gasteiger charge is 2.28. The van der Waals surface area contributed by atoms with Crippen molar-refractivity contribution in [2.75, 3.05) is 26.3 Å². The minimum atomic E-state index is -0.0665. The number of hydrogen-bond donors (Lipinski definition) is 1. The molecule has 1 heterocycles. The summed E-state index contributed by atoms with van der Waals surface area (Å²) in [5.74, 6) is 1.22. The summed E-state index contributed by atoms with van der Waals surface area (Å²) in [5.41, 5.74) is 1.91. The van der Waals surface area contributed by atoms with Crippen molar-refractivity contribution in [2.45, 2.75) is 39.3 Å². The van der Waals surface area contributed by atoms with E-state index in [1.807, 2.05) is 26.0 Å². The number of rotatable bonds is 8. The van der Waals surface area contributed by atoms with Gasteiger partial charge in [-0.15, -0.1) is 0 Å². The second-order valence-corrected chi connectivity index (χ2v) is 7.07. The van der Waals surface area contributed by atoms with Crippen LogP contribution in [0.5, 0.6) is 11.5 Å². The van der Waals surface area contributed by atoms with Crippen LogP contribution >= 0.6 is 0 Å². The van der Waals surface area contributed by atoms with Gasteiger partial charge in [-0.25, -0.2) is 0 Å². The van der Waals surface area contributed by atoms with Gasteiger partial charge in [-0.3, -0.25) is 9.69 Å². The van der Waals surface area contributed by atoms with Crippen LogP contribution in [0.15, 0.2) is 48.5 Å². The molecule has 2 aromatic rings. The van der Waals surface area contributed by atoms with E-state index in [2.05, 4.69) is 41.4 Å². The van der Waals surface area contributed by atoms with E-state index >= 15 is 0 Å². The predicted octanol–water partition coefficient (Wildman–Crippen LogP) is 4.05. The minimum Gasteiger partial charge on any atom is -0.490 e. The SMILES string of the molecule is CCOc1ccc(C(=O)NC2CCN(C(C)c3ccccc3)C2)cc1OCC. The molecule has 2 aromatic carbocycles. The van der Waals surface area contributed by atoms with Crippen molar-refractivity contribution >= 4 is 5.91 Å². The topological polar surface area (TPSA) is 50.8 Å². The molecule has 150 valence electrons. The predicted molar refractivity (Wildman–Crippen MR) is 111 cm³/mol. The molecule has 0 bridgehead atoms. The Hall–Kier alpha value is -2.53. The van der Waals surface area contributed by atoms with E-state index in [4.69, 9.17) is 9.47 Å². The van der Waals surface area contributed by atoms with Crippen molar-refractivity contribution in [2.24, 2.45) is 0 Å². The highest BCUT2D eigenvalue weighted by molar-refractivity contribution is 5.95. The van der Waals surface area contributed by atoms with Crippen LogP contribution in [0.2, 0.25) is 0 Å². The monoisotopic (exact) mass is 382 g/mol. The zero-order valence-corrected chi connectivity index (χ0v) is 17.0. The zero-order chi connectivity index (χ0) is 19.9. The van der Waals surface area contributed by atoms with E-state index in [0.29, 0.717) is 36.3 Å². The molecule has 5 heteroatoms. The number of amides is 1. The lowest BCUT2D eigenvalue weighted by molar-refractivity contribution is 0.0936. The van der Waals surface area contributed by atoms with E-state index < -0.39 is 0 Å². The van der Waals surface area contributed by atoms with Crippen LogP contribution in [-0.2, 0) is 0 Å². The number of carbonyl (C=O) groups is 1. The molecule has 0 spiro atoms. The average molecular weight is 383 g/mol. The van der Waals surface area contributed by atoms with Crippen molar-refractivity contribution in [3.63, 3.8) is 0 Å². The molecular formula is C23H30N2O3. The summed E-state index contributed by atoms with van der Waals surface area (Å²) in [6.07, 6.45) is 0.957. The molecule has 2 unspecified atom stereocenters. The molecule has 1 N–H and O–H groups in total. The molecule has 0 aromatic heterocycles. The van der Waals surface area contributed by atoms with Gasteiger partial charge in [-0.1, -0.05) is 30.3 Å². The van der Waals surface area contributed by atoms with Gasteiger partial charge in [0.2, 0.25) is 0 Å². The zero-order valence-electron chi connectivity index (χ0n) is 17.0. The van der Waals surface area contributed by atoms with Crippen LogP contribution in [-0.4, -0.2) is 43.2 Å². The first-order valence-electron chi connectivity index (χ1n) is 10.1. The molecule has 1 aliphatic rings. The maximum atomic E-state index is 12.7. The first kappa shape index (κ1) is 20.2. The minimum absolute atomic E-state index is 0.0665. The molecule has 5 nitrogen and oxygen atoms in total. The summed E-state index contributed by atoms with van der Waals surface area (Å²) < 4.78 is 11.2. The molecule has 3 rings (SSSR count). The lowest BCUT2D eigenvalue weighted by Crippen LogP contribution is -2.37. The smallest absolute Gasteiger partial charge is 0.251 e. The summed E-state index contributed by atoms with van der Waals surface area (Å²) in [6.45, 7) is 9.00. The summed E-state index contributed by atoms with van der Waals surface area (Å²) in [7, 11) is 0. The van der Waals surface area contributed by atoms with Gasteiger partial charge in [0, 0.05) is 30.7 Å². The van der Waals surface area contributed by atoms with Gasteiger partial charge in [0.25, 0.3) is 5.91 Å². The highest BCUT2D eigenvalue weighted by atomic mass is 16.5. The fourth-order valence-corrected chi connectivity index (χ4v) is 3.66. The van der Waals surface area contributed by atoms with E-state index in [9.17, 15) is 4.79 Å². The number of nitrogens with one attached hydrogen (secondary N) is 1. The van der Waals surface area contributed by atoms with Crippen LogP contribution in [0.4, 0.5) is 0 Å². The van der Waals surface area contributed by atoms with Crippen molar-refractivity contribution in [3.05, 3.63) is 59.7 Å². The van der Waals surface area contributed by atoms with Crippen LogP contribution in [0.25, 0.3) is 0 Å². The van der Waals surface area contributed by atoms with Gasteiger partial charge in [-0.05, 0) is 51.0 Å². The summed E-state index contributed by atoms with van der Waals surface area (Å²) in [5, 5.41) is 3.18. The highest BCUT2D eigenvalue weighted by Crippen LogP contribution is 2.29. The standard InChI is InChI=1S/C23H30N2O3/c1-4-27-21-12-11-19(15-22(21)28-5-2)23(26)24-20-13-14-25(16-20)17(3)18-9-7-6-8-10-18/h6-12,15,17,20H,4-5,13-14,16H2,1-3H3,(H,24,26). The normalized spacial score (nSPS) is 17.9. The largest absolute Gasteiger partial charge is 0.490 e. The molecule has 1 saturated heterocycles. The van der Waals surface area contributed by atoms with E-state index in [1.165, 1.54) is 5.56 Å². The lowest BCUT2D eigenvalue weighted by atomic mass is 10.1. The molecule has 0 aliphatic carbocycles. The summed E-state index contributed by atoms with van der Waals surface area (Å²) >= 11 is 0. The van der Waals surface area contributed by atoms with Crippen LogP contribution in [0.1, 0.15) is 49.2 Å². The van der Waals surface area contributed by atoms with Gasteiger partial charge >= 0.3 is 0 Å². The Morgan fingerprint density at radius 2 is 1.82 bits per heavy atom. The molecule has 1 amide bonds. The van der Waals surface area contributed by atoms with Crippen molar-refractivity contribution in [1.29, 1.82) is 0 Å². The molecule has 1 aliphatic heterocycles. The van der Waals surface area contributed by atoms with E-state index in [1.54, 1.807) is 12.1 Å². The number of nitrogens with zero attached hydrogens (tertiary/aromatic N) is 1. The summed E-state index contributed by atoms with van der Waals surface area (Å²) in [6, 6.07) is 16.4. The van der Waals surface area contributed by atoms with Crippen LogP contribution < -0.4 is 14.8 Å². The Morgan fingerprint density at radius 3 is 2.54 bits per heavy atom. The van der Waals surface area contributed by atoms with E-state index in [-0.39, 0.29) is 11.9 Å². The Kier molecular flexibility index (Phi) is 6.93. The van der Waals surface area contributed by atoms with Crippen LogP contribution in [0.3, 0.4) is 0 Å². The van der Waals surface area contributed by atoms with Crippen LogP contribution in [0, 0.1) is 0 Å². The Balaban J connectivity index is 1.61. The number of ether oxygens (including phenoxy) is 2. The first-order valence-corrected chi connectivity index (χ1v) is 10.1. The van der Waals surface area contributed by atoms with Gasteiger partial charge in [0.15, 0.2) is 11.5 Å². The maximum absolute atomic E-state index is 12.7. The quantitative estimate of drug-likeness (QED) is 0.748. The third-order valence-electron chi connectivity index (χ3n) is 5.19. The molecule has 0 radical (unpaired) electrons. The maximum Gasteiger partial charge on any atom is 0.251 e. The molecule has 2 atom stereocenters. The summed E-state index contributed by atoms with van der Waals surface area (Å²) in [4.78, 5) is 15.2. The number of benzene rings is 2. The third-order valence-corrected chi connectivity index (χ3v) is 5.19. The Labute approximate surface area is 167 Å². The van der Waals surface area contributed by atoms with Crippen molar-refractivity contribution in [3.8, 4) is 11.5 Å².